The Morgan fingerprint density at radius 3 is 2.85 bits per heavy atom. The van der Waals surface area contributed by atoms with Crippen LogP contribution in [0.2, 0.25) is 0 Å². The number of rotatable bonds is 5. The van der Waals surface area contributed by atoms with Crippen LogP contribution in [0.5, 0.6) is 0 Å². The Kier molecular flexibility index (Phi) is 5.10. The highest BCUT2D eigenvalue weighted by atomic mass is 19.1. The summed E-state index contributed by atoms with van der Waals surface area (Å²) in [5, 5.41) is 10.0. The minimum Gasteiger partial charge on any atom is -0.396 e. The summed E-state index contributed by atoms with van der Waals surface area (Å²) in [6, 6.07) is 6.32. The number of pyridine rings is 1. The Bertz CT molecular complexity index is 853. The lowest BCUT2D eigenvalue weighted by Gasteiger charge is -2.41. The Morgan fingerprint density at radius 2 is 2.11 bits per heavy atom. The van der Waals surface area contributed by atoms with Crippen LogP contribution in [0, 0.1) is 18.7 Å². The van der Waals surface area contributed by atoms with Gasteiger partial charge in [0.1, 0.15) is 5.82 Å². The zero-order valence-corrected chi connectivity index (χ0v) is 15.7. The zero-order valence-electron chi connectivity index (χ0n) is 15.7. The van der Waals surface area contributed by atoms with Gasteiger partial charge in [0.05, 0.1) is 11.1 Å². The first-order valence-electron chi connectivity index (χ1n) is 9.76. The summed E-state index contributed by atoms with van der Waals surface area (Å²) in [7, 11) is 0. The molecule has 1 aliphatic heterocycles. The third kappa shape index (κ3) is 3.96. The molecule has 0 unspecified atom stereocenters. The molecule has 1 N–H and O–H groups in total. The minimum absolute atomic E-state index is 0.0786. The van der Waals surface area contributed by atoms with E-state index in [4.69, 9.17) is 0 Å². The third-order valence-corrected chi connectivity index (χ3v) is 5.67. The summed E-state index contributed by atoms with van der Waals surface area (Å²) in [5.41, 5.74) is 1.89. The van der Waals surface area contributed by atoms with Crippen molar-refractivity contribution in [3.05, 3.63) is 41.3 Å². The predicted molar refractivity (Wildman–Crippen MR) is 102 cm³/mol. The summed E-state index contributed by atoms with van der Waals surface area (Å²) in [4.78, 5) is 22.0. The Labute approximate surface area is 158 Å². The van der Waals surface area contributed by atoms with Gasteiger partial charge in [0.15, 0.2) is 0 Å². The second-order valence-electron chi connectivity index (χ2n) is 7.83. The number of aromatic nitrogens is 1. The van der Waals surface area contributed by atoms with Crippen molar-refractivity contribution in [1.82, 2.24) is 14.8 Å². The molecule has 0 bridgehead atoms. The quantitative estimate of drug-likeness (QED) is 0.878. The number of benzene rings is 1. The van der Waals surface area contributed by atoms with Crippen LogP contribution in [0.25, 0.3) is 10.9 Å². The molecule has 0 spiro atoms. The van der Waals surface area contributed by atoms with Gasteiger partial charge in [-0.3, -0.25) is 14.7 Å². The molecule has 1 aliphatic carbocycles. The van der Waals surface area contributed by atoms with Crippen LogP contribution >= 0.6 is 0 Å². The summed E-state index contributed by atoms with van der Waals surface area (Å²) in [6.07, 6.45) is 3.25. The molecule has 6 heteroatoms. The summed E-state index contributed by atoms with van der Waals surface area (Å²) >= 11 is 0. The second-order valence-corrected chi connectivity index (χ2v) is 7.83. The number of hydrogen-bond donors (Lipinski definition) is 1. The SMILES string of the molecule is Cc1cc(C(=O)N2CCN(CC3CC3)[C@H](CCO)C2)c2cc(F)ccc2n1. The molecule has 1 aromatic carbocycles. The van der Waals surface area contributed by atoms with Crippen molar-refractivity contribution < 1.29 is 14.3 Å². The van der Waals surface area contributed by atoms with Gasteiger partial charge in [0.25, 0.3) is 5.91 Å². The first-order chi connectivity index (χ1) is 13.0. The lowest BCUT2D eigenvalue weighted by Crippen LogP contribution is -2.55. The van der Waals surface area contributed by atoms with Gasteiger partial charge in [-0.25, -0.2) is 4.39 Å². The van der Waals surface area contributed by atoms with Crippen molar-refractivity contribution in [2.24, 2.45) is 5.92 Å². The summed E-state index contributed by atoms with van der Waals surface area (Å²) in [5.74, 6) is 0.336. The maximum atomic E-state index is 13.8. The van der Waals surface area contributed by atoms with Crippen LogP contribution in [0.4, 0.5) is 4.39 Å². The molecule has 1 aromatic heterocycles. The minimum atomic E-state index is -0.366. The van der Waals surface area contributed by atoms with Gasteiger partial charge in [0.2, 0.25) is 0 Å². The highest BCUT2D eigenvalue weighted by Gasteiger charge is 2.33. The van der Waals surface area contributed by atoms with E-state index in [1.807, 2.05) is 11.8 Å². The highest BCUT2D eigenvalue weighted by molar-refractivity contribution is 6.06. The maximum absolute atomic E-state index is 13.8. The van der Waals surface area contributed by atoms with E-state index in [0.29, 0.717) is 36.0 Å². The molecule has 1 saturated carbocycles. The smallest absolute Gasteiger partial charge is 0.254 e. The zero-order chi connectivity index (χ0) is 19.0. The second kappa shape index (κ2) is 7.52. The van der Waals surface area contributed by atoms with Crippen LogP contribution in [0.15, 0.2) is 24.3 Å². The van der Waals surface area contributed by atoms with E-state index in [0.717, 1.165) is 24.7 Å². The molecular formula is C21H26FN3O2. The molecule has 1 amide bonds. The number of aliphatic hydroxyl groups is 1. The lowest BCUT2D eigenvalue weighted by atomic mass is 10.0. The van der Waals surface area contributed by atoms with Gasteiger partial charge in [-0.05, 0) is 56.4 Å². The van der Waals surface area contributed by atoms with Crippen LogP contribution in [0.3, 0.4) is 0 Å². The standard InChI is InChI=1S/C21H26FN3O2/c1-14-10-19(18-11-16(22)4-5-20(18)23-14)21(27)25-8-7-24(12-15-2-3-15)17(13-25)6-9-26/h4-5,10-11,15,17,26H,2-3,6-9,12-13H2,1H3/t17-/m1/s1. The molecule has 2 heterocycles. The fourth-order valence-electron chi connectivity index (χ4n) is 4.05. The van der Waals surface area contributed by atoms with Crippen LogP contribution in [-0.4, -0.2) is 64.6 Å². The van der Waals surface area contributed by atoms with Gasteiger partial charge in [-0.15, -0.1) is 0 Å². The van der Waals surface area contributed by atoms with Crippen LogP contribution < -0.4 is 0 Å². The van der Waals surface area contributed by atoms with Gasteiger partial charge >= 0.3 is 0 Å². The van der Waals surface area contributed by atoms with E-state index >= 15 is 0 Å². The number of carbonyl (C=O) groups excluding carboxylic acids is 1. The fourth-order valence-corrected chi connectivity index (χ4v) is 4.05. The number of aryl methyl sites for hydroxylation is 1. The number of nitrogens with zero attached hydrogens (tertiary/aromatic N) is 3. The fraction of sp³-hybridized carbons (Fsp3) is 0.524. The maximum Gasteiger partial charge on any atom is 0.254 e. The molecule has 2 aliphatic rings. The van der Waals surface area contributed by atoms with E-state index in [2.05, 4.69) is 9.88 Å². The van der Waals surface area contributed by atoms with E-state index in [1.165, 1.54) is 25.0 Å². The highest BCUT2D eigenvalue weighted by Crippen LogP contribution is 2.31. The topological polar surface area (TPSA) is 56.7 Å². The van der Waals surface area contributed by atoms with E-state index in [9.17, 15) is 14.3 Å². The molecule has 1 saturated heterocycles. The molecular weight excluding hydrogens is 345 g/mol. The molecule has 5 nitrogen and oxygen atoms in total. The molecule has 2 fully saturated rings. The Balaban J connectivity index is 1.59. The van der Waals surface area contributed by atoms with Crippen LogP contribution in [-0.2, 0) is 0 Å². The van der Waals surface area contributed by atoms with Crippen molar-refractivity contribution in [3.8, 4) is 0 Å². The van der Waals surface area contributed by atoms with Gasteiger partial charge in [-0.2, -0.15) is 0 Å². The number of fused-ring (bicyclic) bond motifs is 1. The van der Waals surface area contributed by atoms with Gasteiger partial charge in [-0.1, -0.05) is 0 Å². The van der Waals surface area contributed by atoms with E-state index in [-0.39, 0.29) is 24.4 Å². The molecule has 0 radical (unpaired) electrons. The van der Waals surface area contributed by atoms with Crippen molar-refractivity contribution in [2.75, 3.05) is 32.8 Å². The number of piperazine rings is 1. The van der Waals surface area contributed by atoms with Crippen molar-refractivity contribution in [2.45, 2.75) is 32.2 Å². The van der Waals surface area contributed by atoms with E-state index in [1.54, 1.807) is 12.1 Å². The van der Waals surface area contributed by atoms with Gasteiger partial charge in [0, 0.05) is 49.9 Å². The van der Waals surface area contributed by atoms with Crippen molar-refractivity contribution in [1.29, 1.82) is 0 Å². The number of carbonyl (C=O) groups is 1. The molecule has 4 rings (SSSR count). The molecule has 1 atom stereocenters. The van der Waals surface area contributed by atoms with Gasteiger partial charge < -0.3 is 10.0 Å². The molecule has 2 aromatic rings. The van der Waals surface area contributed by atoms with Crippen molar-refractivity contribution >= 4 is 16.8 Å². The average molecular weight is 371 g/mol. The molecule has 27 heavy (non-hydrogen) atoms. The number of hydrogen-bond acceptors (Lipinski definition) is 4. The lowest BCUT2D eigenvalue weighted by molar-refractivity contribution is 0.0408. The number of halogens is 1. The first-order valence-corrected chi connectivity index (χ1v) is 9.76. The Morgan fingerprint density at radius 1 is 1.30 bits per heavy atom. The largest absolute Gasteiger partial charge is 0.396 e. The van der Waals surface area contributed by atoms with Crippen molar-refractivity contribution in [3.63, 3.8) is 0 Å². The normalized spacial score (nSPS) is 21.0. The molecule has 144 valence electrons. The summed E-state index contributed by atoms with van der Waals surface area (Å²) < 4.78 is 13.8. The number of amides is 1. The number of aliphatic hydroxyl groups excluding tert-OH is 1. The predicted octanol–water partition coefficient (Wildman–Crippen LogP) is 2.60. The van der Waals surface area contributed by atoms with E-state index < -0.39 is 0 Å². The first kappa shape index (κ1) is 18.3. The Hall–Kier alpha value is -2.05. The third-order valence-electron chi connectivity index (χ3n) is 5.67. The monoisotopic (exact) mass is 371 g/mol. The summed E-state index contributed by atoms with van der Waals surface area (Å²) in [6.45, 7) is 5.12. The van der Waals surface area contributed by atoms with Crippen LogP contribution in [0.1, 0.15) is 35.3 Å². The average Bonchev–Trinajstić information content (AvgIpc) is 3.46.